The lowest BCUT2D eigenvalue weighted by Gasteiger charge is -2.12. The monoisotopic (exact) mass is 364 g/mol. The molecule has 9 heteroatoms. The third kappa shape index (κ3) is 4.90. The molecule has 0 atom stereocenters. The topological polar surface area (TPSA) is 107 Å². The minimum Gasteiger partial charge on any atom is -0.464 e. The fraction of sp³-hybridized carbons (Fsp3) is 0.312. The van der Waals surface area contributed by atoms with Crippen molar-refractivity contribution < 1.29 is 24.0 Å². The highest BCUT2D eigenvalue weighted by Crippen LogP contribution is 2.32. The number of carbonyl (C=O) groups is 3. The van der Waals surface area contributed by atoms with Gasteiger partial charge in [0.1, 0.15) is 6.54 Å². The van der Waals surface area contributed by atoms with Crippen molar-refractivity contribution in [3.8, 4) is 0 Å². The van der Waals surface area contributed by atoms with Gasteiger partial charge in [0.15, 0.2) is 0 Å². The second kappa shape index (κ2) is 7.93. The van der Waals surface area contributed by atoms with E-state index in [0.29, 0.717) is 17.3 Å². The van der Waals surface area contributed by atoms with Crippen LogP contribution in [-0.4, -0.2) is 40.1 Å². The van der Waals surface area contributed by atoms with E-state index in [9.17, 15) is 24.5 Å². The third-order valence-electron chi connectivity index (χ3n) is 3.14. The first-order chi connectivity index (χ1) is 11.8. The normalized spacial score (nSPS) is 16.0. The van der Waals surface area contributed by atoms with Crippen LogP contribution in [0.5, 0.6) is 0 Å². The molecular weight excluding hydrogens is 348 g/mol. The number of hydrogen-bond donors (Lipinski definition) is 0. The van der Waals surface area contributed by atoms with Crippen LogP contribution in [0.2, 0.25) is 0 Å². The Bertz CT molecular complexity index is 741. The molecule has 0 bridgehead atoms. The number of hydrogen-bond acceptors (Lipinski definition) is 7. The van der Waals surface area contributed by atoms with Gasteiger partial charge < -0.3 is 4.74 Å². The first kappa shape index (κ1) is 18.7. The van der Waals surface area contributed by atoms with E-state index in [0.717, 1.165) is 4.90 Å². The van der Waals surface area contributed by atoms with Crippen molar-refractivity contribution in [2.75, 3.05) is 13.2 Å². The van der Waals surface area contributed by atoms with Crippen molar-refractivity contribution in [3.63, 3.8) is 0 Å². The van der Waals surface area contributed by atoms with Crippen molar-refractivity contribution in [1.82, 2.24) is 4.90 Å². The molecule has 1 aliphatic rings. The zero-order valence-corrected chi connectivity index (χ0v) is 14.4. The number of imide groups is 1. The zero-order chi connectivity index (χ0) is 18.6. The summed E-state index contributed by atoms with van der Waals surface area (Å²) in [6.45, 7) is 3.53. The number of non-ortho nitro benzene ring substituents is 1. The Kier molecular flexibility index (Phi) is 5.92. The number of nitrogens with zero attached hydrogens (tertiary/aromatic N) is 2. The van der Waals surface area contributed by atoms with Gasteiger partial charge in [-0.05, 0) is 41.5 Å². The van der Waals surface area contributed by atoms with Crippen LogP contribution in [0.25, 0.3) is 6.08 Å². The Morgan fingerprint density at radius 1 is 1.32 bits per heavy atom. The fourth-order valence-electron chi connectivity index (χ4n) is 1.91. The molecule has 1 aromatic carbocycles. The van der Waals surface area contributed by atoms with Gasteiger partial charge in [0.25, 0.3) is 16.8 Å². The van der Waals surface area contributed by atoms with Crippen molar-refractivity contribution in [1.29, 1.82) is 0 Å². The van der Waals surface area contributed by atoms with Gasteiger partial charge in [0, 0.05) is 12.1 Å². The van der Waals surface area contributed by atoms with E-state index in [1.54, 1.807) is 0 Å². The maximum absolute atomic E-state index is 12.3. The van der Waals surface area contributed by atoms with Crippen LogP contribution in [0.4, 0.5) is 10.5 Å². The smallest absolute Gasteiger partial charge is 0.326 e. The number of nitro groups is 1. The van der Waals surface area contributed by atoms with Gasteiger partial charge in [-0.1, -0.05) is 13.8 Å². The molecule has 8 nitrogen and oxygen atoms in total. The van der Waals surface area contributed by atoms with Crippen LogP contribution >= 0.6 is 11.8 Å². The molecule has 0 aliphatic carbocycles. The summed E-state index contributed by atoms with van der Waals surface area (Å²) >= 11 is 0.710. The van der Waals surface area contributed by atoms with Gasteiger partial charge in [-0.15, -0.1) is 0 Å². The summed E-state index contributed by atoms with van der Waals surface area (Å²) in [5.74, 6) is -1.08. The Hall–Kier alpha value is -2.68. The van der Waals surface area contributed by atoms with Crippen molar-refractivity contribution >= 4 is 40.6 Å². The predicted molar refractivity (Wildman–Crippen MR) is 91.6 cm³/mol. The average Bonchev–Trinajstić information content (AvgIpc) is 2.81. The molecule has 1 aromatic rings. The average molecular weight is 364 g/mol. The lowest BCUT2D eigenvalue weighted by Crippen LogP contribution is -2.34. The largest absolute Gasteiger partial charge is 0.464 e. The highest BCUT2D eigenvalue weighted by molar-refractivity contribution is 8.18. The van der Waals surface area contributed by atoms with Gasteiger partial charge in [-0.3, -0.25) is 29.4 Å². The van der Waals surface area contributed by atoms with Gasteiger partial charge in [0.05, 0.1) is 16.4 Å². The molecule has 0 unspecified atom stereocenters. The van der Waals surface area contributed by atoms with E-state index in [1.807, 2.05) is 13.8 Å². The highest BCUT2D eigenvalue weighted by atomic mass is 32.2. The van der Waals surface area contributed by atoms with Gasteiger partial charge in [-0.2, -0.15) is 0 Å². The Labute approximate surface area is 148 Å². The van der Waals surface area contributed by atoms with Crippen LogP contribution < -0.4 is 0 Å². The van der Waals surface area contributed by atoms with Crippen molar-refractivity contribution in [2.24, 2.45) is 5.92 Å². The standard InChI is InChI=1S/C16H16N2O6S/c1-10(2)9-24-14(19)8-17-15(20)13(25-16(17)21)7-11-3-5-12(6-4-11)18(22)23/h3-7,10H,8-9H2,1-2H3/b13-7+. The summed E-state index contributed by atoms with van der Waals surface area (Å²) in [4.78, 5) is 47.0. The van der Waals surface area contributed by atoms with Crippen LogP contribution in [0, 0.1) is 16.0 Å². The Morgan fingerprint density at radius 2 is 1.96 bits per heavy atom. The van der Waals surface area contributed by atoms with E-state index in [4.69, 9.17) is 4.74 Å². The van der Waals surface area contributed by atoms with Crippen molar-refractivity contribution in [2.45, 2.75) is 13.8 Å². The van der Waals surface area contributed by atoms with Crippen LogP contribution in [-0.2, 0) is 14.3 Å². The summed E-state index contributed by atoms with van der Waals surface area (Å²) < 4.78 is 4.97. The molecule has 1 aliphatic heterocycles. The molecule has 25 heavy (non-hydrogen) atoms. The SMILES string of the molecule is CC(C)COC(=O)CN1C(=O)S/C(=C/c2ccc([N+](=O)[O-])cc2)C1=O. The summed E-state index contributed by atoms with van der Waals surface area (Å²) in [5, 5.41) is 10.1. The fourth-order valence-corrected chi connectivity index (χ4v) is 2.75. The van der Waals surface area contributed by atoms with E-state index in [2.05, 4.69) is 0 Å². The molecule has 132 valence electrons. The first-order valence-corrected chi connectivity index (χ1v) is 8.25. The van der Waals surface area contributed by atoms with Crippen molar-refractivity contribution in [3.05, 3.63) is 44.8 Å². The maximum atomic E-state index is 12.3. The second-order valence-corrected chi connectivity index (χ2v) is 6.69. The summed E-state index contributed by atoms with van der Waals surface area (Å²) in [5.41, 5.74) is 0.469. The highest BCUT2D eigenvalue weighted by Gasteiger charge is 2.36. The van der Waals surface area contributed by atoms with E-state index >= 15 is 0 Å². The number of thioether (sulfide) groups is 1. The maximum Gasteiger partial charge on any atom is 0.326 e. The number of amides is 2. The first-order valence-electron chi connectivity index (χ1n) is 7.43. The molecule has 0 N–H and O–H groups in total. The molecule has 0 spiro atoms. The minimum atomic E-state index is -0.646. The zero-order valence-electron chi connectivity index (χ0n) is 13.6. The lowest BCUT2D eigenvalue weighted by molar-refractivity contribution is -0.384. The Balaban J connectivity index is 2.06. The van der Waals surface area contributed by atoms with E-state index < -0.39 is 28.6 Å². The molecule has 1 heterocycles. The molecule has 0 radical (unpaired) electrons. The number of nitro benzene ring substituents is 1. The minimum absolute atomic E-state index is 0.0712. The molecule has 0 aromatic heterocycles. The number of carbonyl (C=O) groups excluding carboxylic acids is 3. The van der Waals surface area contributed by atoms with Gasteiger partial charge >= 0.3 is 5.97 Å². The van der Waals surface area contributed by atoms with Gasteiger partial charge in [0.2, 0.25) is 0 Å². The van der Waals surface area contributed by atoms with Crippen LogP contribution in [0.3, 0.4) is 0 Å². The van der Waals surface area contributed by atoms with E-state index in [-0.39, 0.29) is 23.1 Å². The molecular formula is C16H16N2O6S. The van der Waals surface area contributed by atoms with Crippen LogP contribution in [0.15, 0.2) is 29.2 Å². The number of rotatable bonds is 6. The second-order valence-electron chi connectivity index (χ2n) is 5.69. The predicted octanol–water partition coefficient (Wildman–Crippen LogP) is 2.83. The van der Waals surface area contributed by atoms with Crippen LogP contribution in [0.1, 0.15) is 19.4 Å². The number of benzene rings is 1. The lowest BCUT2D eigenvalue weighted by atomic mass is 10.2. The molecule has 2 rings (SSSR count). The summed E-state index contributed by atoms with van der Waals surface area (Å²) in [6, 6.07) is 5.56. The molecule has 0 saturated carbocycles. The molecule has 1 saturated heterocycles. The van der Waals surface area contributed by atoms with Gasteiger partial charge in [-0.25, -0.2) is 0 Å². The summed E-state index contributed by atoms with van der Waals surface area (Å²) in [6.07, 6.45) is 1.45. The quantitative estimate of drug-likeness (QED) is 0.330. The number of ether oxygens (including phenoxy) is 1. The third-order valence-corrected chi connectivity index (χ3v) is 4.05. The number of esters is 1. The molecule has 2 amide bonds. The molecule has 1 fully saturated rings. The Morgan fingerprint density at radius 3 is 2.52 bits per heavy atom. The van der Waals surface area contributed by atoms with E-state index in [1.165, 1.54) is 30.3 Å². The summed E-state index contributed by atoms with van der Waals surface area (Å²) in [7, 11) is 0.